The van der Waals surface area contributed by atoms with Gasteiger partial charge in [-0.15, -0.1) is 0 Å². The monoisotopic (exact) mass is 219 g/mol. The van der Waals surface area contributed by atoms with Gasteiger partial charge < -0.3 is 10.0 Å². The standard InChI is InChI=1S/C14H21NO/c1-3-14(8-5-9-15(2)11-14)12-6-4-7-13(16)10-12/h4,6-7,10,16H,3,5,8-9,11H2,1-2H3. The maximum absolute atomic E-state index is 9.61. The van der Waals surface area contributed by atoms with E-state index >= 15 is 0 Å². The molecule has 0 aromatic heterocycles. The van der Waals surface area contributed by atoms with Crippen molar-refractivity contribution in [2.45, 2.75) is 31.6 Å². The number of hydrogen-bond donors (Lipinski definition) is 1. The van der Waals surface area contributed by atoms with E-state index in [4.69, 9.17) is 0 Å². The molecule has 0 spiro atoms. The quantitative estimate of drug-likeness (QED) is 0.826. The Morgan fingerprint density at radius 2 is 2.25 bits per heavy atom. The van der Waals surface area contributed by atoms with Gasteiger partial charge in [-0.25, -0.2) is 0 Å². The highest BCUT2D eigenvalue weighted by Crippen LogP contribution is 2.37. The molecule has 2 rings (SSSR count). The predicted molar refractivity (Wildman–Crippen MR) is 66.8 cm³/mol. The highest BCUT2D eigenvalue weighted by Gasteiger charge is 2.34. The average molecular weight is 219 g/mol. The van der Waals surface area contributed by atoms with Gasteiger partial charge in [-0.2, -0.15) is 0 Å². The van der Waals surface area contributed by atoms with Crippen LogP contribution < -0.4 is 0 Å². The Hall–Kier alpha value is -1.02. The SMILES string of the molecule is CCC1(c2cccc(O)c2)CCCN(C)C1. The van der Waals surface area contributed by atoms with Crippen LogP contribution in [0.4, 0.5) is 0 Å². The van der Waals surface area contributed by atoms with E-state index in [-0.39, 0.29) is 5.41 Å². The number of benzene rings is 1. The van der Waals surface area contributed by atoms with Crippen molar-refractivity contribution >= 4 is 0 Å². The maximum Gasteiger partial charge on any atom is 0.115 e. The minimum atomic E-state index is 0.242. The molecule has 1 aliphatic rings. The number of likely N-dealkylation sites (N-methyl/N-ethyl adjacent to an activating group) is 1. The van der Waals surface area contributed by atoms with Gasteiger partial charge in [0.05, 0.1) is 0 Å². The first-order valence-corrected chi connectivity index (χ1v) is 6.14. The molecule has 0 bridgehead atoms. The fourth-order valence-corrected chi connectivity index (χ4v) is 2.93. The number of phenolic OH excluding ortho intramolecular Hbond substituents is 1. The molecule has 2 heteroatoms. The zero-order valence-corrected chi connectivity index (χ0v) is 10.2. The molecule has 16 heavy (non-hydrogen) atoms. The normalized spacial score (nSPS) is 26.9. The number of likely N-dealkylation sites (tertiary alicyclic amines) is 1. The molecule has 1 heterocycles. The van der Waals surface area contributed by atoms with E-state index in [1.54, 1.807) is 6.07 Å². The summed E-state index contributed by atoms with van der Waals surface area (Å²) >= 11 is 0. The molecule has 0 amide bonds. The van der Waals surface area contributed by atoms with Crippen molar-refractivity contribution in [2.24, 2.45) is 0 Å². The average Bonchev–Trinajstić information content (AvgIpc) is 2.29. The molecule has 2 nitrogen and oxygen atoms in total. The summed E-state index contributed by atoms with van der Waals surface area (Å²) in [5, 5.41) is 9.61. The van der Waals surface area contributed by atoms with Gasteiger partial charge in [-0.05, 0) is 50.6 Å². The highest BCUT2D eigenvalue weighted by molar-refractivity contribution is 5.33. The van der Waals surface area contributed by atoms with E-state index in [1.807, 2.05) is 12.1 Å². The summed E-state index contributed by atoms with van der Waals surface area (Å²) in [7, 11) is 2.19. The number of phenols is 1. The van der Waals surface area contributed by atoms with E-state index in [0.29, 0.717) is 5.75 Å². The van der Waals surface area contributed by atoms with Crippen LogP contribution >= 0.6 is 0 Å². The number of nitrogens with zero attached hydrogens (tertiary/aromatic N) is 1. The first-order valence-electron chi connectivity index (χ1n) is 6.14. The Morgan fingerprint density at radius 3 is 2.88 bits per heavy atom. The number of aromatic hydroxyl groups is 1. The van der Waals surface area contributed by atoms with Gasteiger partial charge in [0.2, 0.25) is 0 Å². The summed E-state index contributed by atoms with van der Waals surface area (Å²) in [6.45, 7) is 4.55. The second kappa shape index (κ2) is 4.46. The van der Waals surface area contributed by atoms with Crippen LogP contribution in [0.5, 0.6) is 5.75 Å². The Labute approximate surface area is 97.9 Å². The third-order valence-electron chi connectivity index (χ3n) is 3.90. The predicted octanol–water partition coefficient (Wildman–Crippen LogP) is 2.77. The lowest BCUT2D eigenvalue weighted by Gasteiger charge is -2.41. The van der Waals surface area contributed by atoms with Crippen LogP contribution in [-0.4, -0.2) is 30.1 Å². The highest BCUT2D eigenvalue weighted by atomic mass is 16.3. The lowest BCUT2D eigenvalue weighted by Crippen LogP contribution is -2.43. The van der Waals surface area contributed by atoms with Crippen LogP contribution in [0.2, 0.25) is 0 Å². The molecule has 1 N–H and O–H groups in total. The third kappa shape index (κ3) is 2.07. The second-order valence-electron chi connectivity index (χ2n) is 5.03. The van der Waals surface area contributed by atoms with Gasteiger partial charge >= 0.3 is 0 Å². The molecule has 1 atom stereocenters. The van der Waals surface area contributed by atoms with E-state index in [2.05, 4.69) is 24.9 Å². The first kappa shape index (κ1) is 11.5. The van der Waals surface area contributed by atoms with Gasteiger partial charge in [0.15, 0.2) is 0 Å². The van der Waals surface area contributed by atoms with Crippen LogP contribution in [0.25, 0.3) is 0 Å². The van der Waals surface area contributed by atoms with Crippen molar-refractivity contribution < 1.29 is 5.11 Å². The Kier molecular flexibility index (Phi) is 3.20. The van der Waals surface area contributed by atoms with Crippen LogP contribution in [0, 0.1) is 0 Å². The smallest absolute Gasteiger partial charge is 0.115 e. The van der Waals surface area contributed by atoms with E-state index < -0.39 is 0 Å². The molecule has 1 aromatic carbocycles. The summed E-state index contributed by atoms with van der Waals surface area (Å²) in [5.74, 6) is 0.388. The van der Waals surface area contributed by atoms with Gasteiger partial charge in [0.1, 0.15) is 5.75 Å². The van der Waals surface area contributed by atoms with Gasteiger partial charge in [0, 0.05) is 12.0 Å². The summed E-state index contributed by atoms with van der Waals surface area (Å²) in [5.41, 5.74) is 1.53. The number of hydrogen-bond acceptors (Lipinski definition) is 2. The van der Waals surface area contributed by atoms with Crippen LogP contribution in [0.15, 0.2) is 24.3 Å². The summed E-state index contributed by atoms with van der Waals surface area (Å²) in [6.07, 6.45) is 3.62. The molecule has 1 aromatic rings. The third-order valence-corrected chi connectivity index (χ3v) is 3.90. The molecule has 0 saturated carbocycles. The number of rotatable bonds is 2. The lowest BCUT2D eigenvalue weighted by atomic mass is 9.72. The molecule has 88 valence electrons. The largest absolute Gasteiger partial charge is 0.508 e. The molecule has 0 aliphatic carbocycles. The molecule has 1 aliphatic heterocycles. The van der Waals surface area contributed by atoms with Gasteiger partial charge in [0.25, 0.3) is 0 Å². The lowest BCUT2D eigenvalue weighted by molar-refractivity contribution is 0.170. The zero-order valence-electron chi connectivity index (χ0n) is 10.2. The topological polar surface area (TPSA) is 23.5 Å². The van der Waals surface area contributed by atoms with Crippen molar-refractivity contribution in [3.05, 3.63) is 29.8 Å². The minimum absolute atomic E-state index is 0.242. The van der Waals surface area contributed by atoms with Crippen molar-refractivity contribution in [3.8, 4) is 5.75 Å². The second-order valence-corrected chi connectivity index (χ2v) is 5.03. The summed E-state index contributed by atoms with van der Waals surface area (Å²) in [4.78, 5) is 2.40. The molecule has 1 fully saturated rings. The van der Waals surface area contributed by atoms with E-state index in [1.165, 1.54) is 24.9 Å². The molecule has 1 saturated heterocycles. The van der Waals surface area contributed by atoms with Crippen LogP contribution in [0.1, 0.15) is 31.7 Å². The summed E-state index contributed by atoms with van der Waals surface area (Å²) in [6, 6.07) is 7.79. The van der Waals surface area contributed by atoms with Crippen molar-refractivity contribution in [2.75, 3.05) is 20.1 Å². The van der Waals surface area contributed by atoms with Crippen molar-refractivity contribution in [1.82, 2.24) is 4.90 Å². The Bertz CT molecular complexity index is 364. The van der Waals surface area contributed by atoms with E-state index in [9.17, 15) is 5.11 Å². The zero-order chi connectivity index (χ0) is 11.6. The Balaban J connectivity index is 2.33. The van der Waals surface area contributed by atoms with Crippen LogP contribution in [-0.2, 0) is 5.41 Å². The van der Waals surface area contributed by atoms with Crippen molar-refractivity contribution in [3.63, 3.8) is 0 Å². The van der Waals surface area contributed by atoms with Gasteiger partial charge in [-0.1, -0.05) is 19.1 Å². The first-order chi connectivity index (χ1) is 7.66. The fourth-order valence-electron chi connectivity index (χ4n) is 2.93. The number of piperidine rings is 1. The minimum Gasteiger partial charge on any atom is -0.508 e. The van der Waals surface area contributed by atoms with Crippen molar-refractivity contribution in [1.29, 1.82) is 0 Å². The fraction of sp³-hybridized carbons (Fsp3) is 0.571. The Morgan fingerprint density at radius 1 is 1.44 bits per heavy atom. The molecular formula is C14H21NO. The molecule has 0 radical (unpaired) electrons. The maximum atomic E-state index is 9.61. The van der Waals surface area contributed by atoms with Gasteiger partial charge in [-0.3, -0.25) is 0 Å². The van der Waals surface area contributed by atoms with Crippen LogP contribution in [0.3, 0.4) is 0 Å². The molecule has 1 unspecified atom stereocenters. The summed E-state index contributed by atoms with van der Waals surface area (Å²) < 4.78 is 0. The molecular weight excluding hydrogens is 198 g/mol. The van der Waals surface area contributed by atoms with E-state index in [0.717, 1.165) is 13.0 Å².